The lowest BCUT2D eigenvalue weighted by atomic mass is 10.0. The van der Waals surface area contributed by atoms with Gasteiger partial charge in [-0.15, -0.1) is 11.3 Å². The van der Waals surface area contributed by atoms with Gasteiger partial charge in [0.1, 0.15) is 0 Å². The Bertz CT molecular complexity index is 704. The lowest BCUT2D eigenvalue weighted by Gasteiger charge is -2.28. The summed E-state index contributed by atoms with van der Waals surface area (Å²) in [6.45, 7) is 6.15. The summed E-state index contributed by atoms with van der Waals surface area (Å²) < 4.78 is 12.1. The summed E-state index contributed by atoms with van der Waals surface area (Å²) in [5.74, 6) is 0.552. The number of ether oxygens (including phenoxy) is 2. The molecule has 2 aromatic rings. The van der Waals surface area contributed by atoms with Crippen LogP contribution in [0.5, 0.6) is 0 Å². The van der Waals surface area contributed by atoms with Crippen LogP contribution in [0.1, 0.15) is 94.9 Å². The molecule has 1 aliphatic heterocycles. The zero-order valence-electron chi connectivity index (χ0n) is 18.9. The Morgan fingerprint density at radius 2 is 1.60 bits per heavy atom. The summed E-state index contributed by atoms with van der Waals surface area (Å²) >= 11 is 1.76. The molecular formula is C26H39NO2S. The Kier molecular flexibility index (Phi) is 10.3. The lowest BCUT2D eigenvalue weighted by Crippen LogP contribution is -2.26. The van der Waals surface area contributed by atoms with Crippen LogP contribution in [0.15, 0.2) is 30.5 Å². The highest BCUT2D eigenvalue weighted by molar-refractivity contribution is 7.15. The number of rotatable bonds is 13. The van der Waals surface area contributed by atoms with Gasteiger partial charge in [0.2, 0.25) is 0 Å². The molecule has 0 bridgehead atoms. The molecule has 3 rings (SSSR count). The van der Waals surface area contributed by atoms with Crippen molar-refractivity contribution in [2.75, 3.05) is 13.2 Å². The molecule has 3 heterocycles. The average molecular weight is 430 g/mol. The maximum Gasteiger partial charge on any atom is 0.193 e. The molecule has 1 fully saturated rings. The zero-order chi connectivity index (χ0) is 21.0. The van der Waals surface area contributed by atoms with Crippen LogP contribution in [0.4, 0.5) is 0 Å². The van der Waals surface area contributed by atoms with Gasteiger partial charge >= 0.3 is 0 Å². The molecule has 0 saturated carbocycles. The van der Waals surface area contributed by atoms with Gasteiger partial charge in [-0.1, -0.05) is 71.3 Å². The standard InChI is InChI=1S/C26H39NO2S/c1-3-5-7-9-10-12-21-19-28-26(29-20-21)25-17-16-24(30-25)22-14-15-23(27-18-22)13-11-8-6-4-2/h14-18,21,26H,3-13,19-20H2,1-2H3/t21-,26-. The smallest absolute Gasteiger partial charge is 0.193 e. The van der Waals surface area contributed by atoms with Gasteiger partial charge in [-0.3, -0.25) is 4.98 Å². The van der Waals surface area contributed by atoms with Gasteiger partial charge in [0.25, 0.3) is 0 Å². The van der Waals surface area contributed by atoms with Gasteiger partial charge in [0.15, 0.2) is 6.29 Å². The van der Waals surface area contributed by atoms with Crippen molar-refractivity contribution in [3.63, 3.8) is 0 Å². The van der Waals surface area contributed by atoms with Gasteiger partial charge in [-0.25, -0.2) is 0 Å². The summed E-state index contributed by atoms with van der Waals surface area (Å²) in [7, 11) is 0. The van der Waals surface area contributed by atoms with E-state index in [2.05, 4.69) is 43.1 Å². The minimum absolute atomic E-state index is 0.203. The van der Waals surface area contributed by atoms with Crippen molar-refractivity contribution in [3.8, 4) is 10.4 Å². The van der Waals surface area contributed by atoms with E-state index in [1.807, 2.05) is 6.20 Å². The molecule has 0 N–H and O–H groups in total. The van der Waals surface area contributed by atoms with Gasteiger partial charge in [-0.2, -0.15) is 0 Å². The second-order valence-corrected chi connectivity index (χ2v) is 9.73. The van der Waals surface area contributed by atoms with Crippen LogP contribution in [0.25, 0.3) is 10.4 Å². The number of pyridine rings is 1. The number of thiophene rings is 1. The fraction of sp³-hybridized carbons (Fsp3) is 0.654. The van der Waals surface area contributed by atoms with Crippen molar-refractivity contribution in [3.05, 3.63) is 41.0 Å². The van der Waals surface area contributed by atoms with Crippen molar-refractivity contribution >= 4 is 11.3 Å². The molecule has 0 unspecified atom stereocenters. The number of unbranched alkanes of at least 4 members (excludes halogenated alkanes) is 7. The van der Waals surface area contributed by atoms with Crippen LogP contribution in [0.2, 0.25) is 0 Å². The van der Waals surface area contributed by atoms with E-state index in [9.17, 15) is 0 Å². The van der Waals surface area contributed by atoms with Crippen LogP contribution in [-0.4, -0.2) is 18.2 Å². The maximum atomic E-state index is 6.06. The first-order valence-electron chi connectivity index (χ1n) is 12.1. The molecule has 0 amide bonds. The molecule has 0 aromatic carbocycles. The summed E-state index contributed by atoms with van der Waals surface area (Å²) in [5.41, 5.74) is 2.38. The van der Waals surface area contributed by atoms with Crippen LogP contribution in [-0.2, 0) is 15.9 Å². The van der Waals surface area contributed by atoms with Crippen LogP contribution < -0.4 is 0 Å². The summed E-state index contributed by atoms with van der Waals surface area (Å²) in [5, 5.41) is 0. The topological polar surface area (TPSA) is 31.4 Å². The van der Waals surface area contributed by atoms with E-state index in [1.165, 1.54) is 80.3 Å². The quantitative estimate of drug-likeness (QED) is 0.303. The third-order valence-electron chi connectivity index (χ3n) is 5.94. The summed E-state index contributed by atoms with van der Waals surface area (Å²) in [6, 6.07) is 8.70. The highest BCUT2D eigenvalue weighted by Crippen LogP contribution is 2.35. The Morgan fingerprint density at radius 3 is 2.30 bits per heavy atom. The minimum Gasteiger partial charge on any atom is -0.347 e. The predicted molar refractivity (Wildman–Crippen MR) is 127 cm³/mol. The van der Waals surface area contributed by atoms with Crippen LogP contribution >= 0.6 is 11.3 Å². The van der Waals surface area contributed by atoms with E-state index in [1.54, 1.807) is 11.3 Å². The van der Waals surface area contributed by atoms with Crippen LogP contribution in [0.3, 0.4) is 0 Å². The number of aryl methyl sites for hydroxylation is 1. The molecule has 0 atom stereocenters. The molecule has 2 aromatic heterocycles. The Morgan fingerprint density at radius 1 is 0.867 bits per heavy atom. The fourth-order valence-corrected chi connectivity index (χ4v) is 4.99. The van der Waals surface area contributed by atoms with E-state index in [-0.39, 0.29) is 6.29 Å². The van der Waals surface area contributed by atoms with E-state index < -0.39 is 0 Å². The van der Waals surface area contributed by atoms with Crippen molar-refractivity contribution < 1.29 is 9.47 Å². The summed E-state index contributed by atoms with van der Waals surface area (Å²) in [4.78, 5) is 7.07. The first-order valence-corrected chi connectivity index (χ1v) is 12.9. The zero-order valence-corrected chi connectivity index (χ0v) is 19.7. The lowest BCUT2D eigenvalue weighted by molar-refractivity contribution is -0.204. The fourth-order valence-electron chi connectivity index (χ4n) is 4.00. The summed E-state index contributed by atoms with van der Waals surface area (Å²) in [6.07, 6.45) is 15.9. The molecule has 1 aliphatic rings. The minimum atomic E-state index is -0.203. The van der Waals surface area contributed by atoms with Gasteiger partial charge < -0.3 is 9.47 Å². The monoisotopic (exact) mass is 429 g/mol. The second kappa shape index (κ2) is 13.2. The van der Waals surface area contributed by atoms with E-state index >= 15 is 0 Å². The molecule has 166 valence electrons. The van der Waals surface area contributed by atoms with Gasteiger partial charge in [0.05, 0.1) is 18.1 Å². The van der Waals surface area contributed by atoms with E-state index in [4.69, 9.17) is 9.47 Å². The predicted octanol–water partition coefficient (Wildman–Crippen LogP) is 7.96. The molecule has 0 spiro atoms. The first kappa shape index (κ1) is 23.4. The molecule has 30 heavy (non-hydrogen) atoms. The van der Waals surface area contributed by atoms with E-state index in [0.717, 1.165) is 24.5 Å². The highest BCUT2D eigenvalue weighted by Gasteiger charge is 2.24. The van der Waals surface area contributed by atoms with Gasteiger partial charge in [0, 0.05) is 28.2 Å². The molecule has 0 radical (unpaired) electrons. The average Bonchev–Trinajstić information content (AvgIpc) is 3.28. The highest BCUT2D eigenvalue weighted by atomic mass is 32.1. The van der Waals surface area contributed by atoms with Crippen molar-refractivity contribution in [2.24, 2.45) is 5.92 Å². The molecule has 3 nitrogen and oxygen atoms in total. The Labute approximate surface area is 187 Å². The SMILES string of the molecule is CCCCCCC[C@H]1CO[C@H](c2ccc(-c3ccc(CCCCCC)nc3)s2)OC1. The Balaban J connectivity index is 1.43. The van der Waals surface area contributed by atoms with E-state index in [0.29, 0.717) is 5.92 Å². The molecule has 4 heteroatoms. The number of aromatic nitrogens is 1. The second-order valence-electron chi connectivity index (χ2n) is 8.62. The van der Waals surface area contributed by atoms with Crippen molar-refractivity contribution in [1.82, 2.24) is 4.98 Å². The largest absolute Gasteiger partial charge is 0.347 e. The third-order valence-corrected chi connectivity index (χ3v) is 7.09. The Hall–Kier alpha value is -1.23. The third kappa shape index (κ3) is 7.47. The molecule has 1 saturated heterocycles. The molecule has 0 aliphatic carbocycles. The number of hydrogen-bond donors (Lipinski definition) is 0. The first-order chi connectivity index (χ1) is 14.8. The number of hydrogen-bond acceptors (Lipinski definition) is 4. The molecular weight excluding hydrogens is 390 g/mol. The van der Waals surface area contributed by atoms with Crippen molar-refractivity contribution in [1.29, 1.82) is 0 Å². The number of nitrogens with zero attached hydrogens (tertiary/aromatic N) is 1. The van der Waals surface area contributed by atoms with Crippen LogP contribution in [0, 0.1) is 5.92 Å². The normalized spacial score (nSPS) is 19.3. The van der Waals surface area contributed by atoms with Crippen molar-refractivity contribution in [2.45, 2.75) is 90.8 Å². The van der Waals surface area contributed by atoms with Gasteiger partial charge in [-0.05, 0) is 37.5 Å². The maximum absolute atomic E-state index is 6.06.